The van der Waals surface area contributed by atoms with Gasteiger partial charge in [0.2, 0.25) is 0 Å². The largest absolute Gasteiger partial charge is 0.477 e. The van der Waals surface area contributed by atoms with Crippen molar-refractivity contribution in [3.63, 3.8) is 0 Å². The summed E-state index contributed by atoms with van der Waals surface area (Å²) < 4.78 is 0. The number of aromatic nitrogens is 1. The second-order valence-electron chi connectivity index (χ2n) is 7.28. The first-order valence-electron chi connectivity index (χ1n) is 9.33. The fourth-order valence-electron chi connectivity index (χ4n) is 4.42. The number of rotatable bonds is 2. The summed E-state index contributed by atoms with van der Waals surface area (Å²) in [7, 11) is 0. The number of carboxylic acid groups (broad SMARTS) is 1. The van der Waals surface area contributed by atoms with Gasteiger partial charge in [-0.3, -0.25) is 0 Å². The number of fused-ring (bicyclic) bond motifs is 5. The highest BCUT2D eigenvalue weighted by atomic mass is 35.5. The van der Waals surface area contributed by atoms with Crippen molar-refractivity contribution in [1.82, 2.24) is 4.98 Å². The summed E-state index contributed by atoms with van der Waals surface area (Å²) in [6.45, 7) is 0. The molecule has 0 saturated carbocycles. The standard InChI is InChI=1S/C24H19NO2.ClH/c26-24(27)23-7-3-6-22(25-23)17-10-11-19-16(14-17)9-13-20-18-5-2-1-4-15(18)8-12-21(19)20;/h1-9,12-13,17H,10-11,14H2,(H,26,27);1H. The van der Waals surface area contributed by atoms with E-state index in [9.17, 15) is 9.90 Å². The van der Waals surface area contributed by atoms with E-state index in [2.05, 4.69) is 53.5 Å². The Kier molecular flexibility index (Phi) is 4.78. The maximum atomic E-state index is 11.2. The molecule has 3 aromatic carbocycles. The fourth-order valence-corrected chi connectivity index (χ4v) is 4.42. The summed E-state index contributed by atoms with van der Waals surface area (Å²) >= 11 is 0. The molecule has 0 fully saturated rings. The third kappa shape index (κ3) is 3.02. The van der Waals surface area contributed by atoms with E-state index < -0.39 is 5.97 Å². The van der Waals surface area contributed by atoms with Gasteiger partial charge in [0, 0.05) is 11.6 Å². The van der Waals surface area contributed by atoms with Crippen LogP contribution in [0.4, 0.5) is 0 Å². The van der Waals surface area contributed by atoms with Crippen LogP contribution in [0.2, 0.25) is 0 Å². The molecule has 0 bridgehead atoms. The van der Waals surface area contributed by atoms with Crippen molar-refractivity contribution >= 4 is 39.9 Å². The molecule has 1 aromatic heterocycles. The Labute approximate surface area is 169 Å². The van der Waals surface area contributed by atoms with Crippen molar-refractivity contribution in [2.24, 2.45) is 0 Å². The number of carbonyl (C=O) groups is 1. The van der Waals surface area contributed by atoms with Gasteiger partial charge in [0.05, 0.1) is 0 Å². The minimum atomic E-state index is -0.967. The van der Waals surface area contributed by atoms with Gasteiger partial charge in [-0.2, -0.15) is 0 Å². The van der Waals surface area contributed by atoms with Gasteiger partial charge >= 0.3 is 5.97 Å². The number of hydrogen-bond acceptors (Lipinski definition) is 2. The lowest BCUT2D eigenvalue weighted by atomic mass is 9.79. The lowest BCUT2D eigenvalue weighted by Crippen LogP contribution is -2.15. The highest BCUT2D eigenvalue weighted by Crippen LogP contribution is 2.37. The zero-order chi connectivity index (χ0) is 18.4. The average Bonchev–Trinajstić information content (AvgIpc) is 2.73. The predicted octanol–water partition coefficient (Wildman–Crippen LogP) is 5.78. The van der Waals surface area contributed by atoms with Crippen LogP contribution in [0, 0.1) is 0 Å². The molecule has 3 nitrogen and oxygen atoms in total. The first kappa shape index (κ1) is 18.5. The van der Waals surface area contributed by atoms with E-state index in [1.807, 2.05) is 6.07 Å². The molecular weight excluding hydrogens is 370 g/mol. The smallest absolute Gasteiger partial charge is 0.354 e. The lowest BCUT2D eigenvalue weighted by Gasteiger charge is -2.26. The zero-order valence-corrected chi connectivity index (χ0v) is 16.1. The van der Waals surface area contributed by atoms with Gasteiger partial charge in [-0.1, -0.05) is 54.6 Å². The van der Waals surface area contributed by atoms with E-state index in [0.717, 1.165) is 25.0 Å². The number of aromatic carboxylic acids is 1. The second-order valence-corrected chi connectivity index (χ2v) is 7.28. The average molecular weight is 390 g/mol. The van der Waals surface area contributed by atoms with Crippen LogP contribution in [-0.4, -0.2) is 16.1 Å². The number of nitrogens with zero attached hydrogens (tertiary/aromatic N) is 1. The molecule has 1 heterocycles. The van der Waals surface area contributed by atoms with Crippen LogP contribution in [0.3, 0.4) is 0 Å². The molecule has 0 spiro atoms. The minimum Gasteiger partial charge on any atom is -0.477 e. The van der Waals surface area contributed by atoms with Gasteiger partial charge in [-0.05, 0) is 64.1 Å². The molecule has 0 amide bonds. The Morgan fingerprint density at radius 2 is 1.71 bits per heavy atom. The number of aryl methyl sites for hydroxylation is 1. The van der Waals surface area contributed by atoms with Crippen molar-refractivity contribution < 1.29 is 9.90 Å². The fraction of sp³-hybridized carbons (Fsp3) is 0.167. The van der Waals surface area contributed by atoms with E-state index in [-0.39, 0.29) is 24.0 Å². The second kappa shape index (κ2) is 7.25. The molecule has 1 aliphatic carbocycles. The molecule has 0 aliphatic heterocycles. The summed E-state index contributed by atoms with van der Waals surface area (Å²) in [5.41, 5.74) is 3.81. The lowest BCUT2D eigenvalue weighted by molar-refractivity contribution is 0.0690. The quantitative estimate of drug-likeness (QED) is 0.442. The van der Waals surface area contributed by atoms with E-state index in [1.165, 1.54) is 32.7 Å². The van der Waals surface area contributed by atoms with Gasteiger partial charge in [-0.25, -0.2) is 9.78 Å². The van der Waals surface area contributed by atoms with Crippen molar-refractivity contribution in [2.45, 2.75) is 25.2 Å². The third-order valence-electron chi connectivity index (χ3n) is 5.75. The van der Waals surface area contributed by atoms with Crippen LogP contribution in [-0.2, 0) is 12.8 Å². The molecule has 5 rings (SSSR count). The van der Waals surface area contributed by atoms with E-state index in [0.29, 0.717) is 0 Å². The van der Waals surface area contributed by atoms with Crippen LogP contribution >= 0.6 is 12.4 Å². The summed E-state index contributed by atoms with van der Waals surface area (Å²) in [5, 5.41) is 14.4. The first-order valence-corrected chi connectivity index (χ1v) is 9.33. The molecule has 1 atom stereocenters. The van der Waals surface area contributed by atoms with E-state index >= 15 is 0 Å². The monoisotopic (exact) mass is 389 g/mol. The Balaban J connectivity index is 0.00000192. The molecule has 28 heavy (non-hydrogen) atoms. The Morgan fingerprint density at radius 1 is 0.893 bits per heavy atom. The van der Waals surface area contributed by atoms with Crippen LogP contribution < -0.4 is 0 Å². The minimum absolute atomic E-state index is 0. The number of halogens is 1. The third-order valence-corrected chi connectivity index (χ3v) is 5.75. The summed E-state index contributed by atoms with van der Waals surface area (Å²) in [6.07, 6.45) is 2.90. The molecule has 4 heteroatoms. The molecule has 0 radical (unpaired) electrons. The van der Waals surface area contributed by atoms with Crippen LogP contribution in [0.25, 0.3) is 21.5 Å². The van der Waals surface area contributed by atoms with Gasteiger partial charge < -0.3 is 5.11 Å². The molecule has 1 unspecified atom stereocenters. The molecule has 140 valence electrons. The van der Waals surface area contributed by atoms with E-state index in [1.54, 1.807) is 12.1 Å². The van der Waals surface area contributed by atoms with Crippen molar-refractivity contribution in [3.8, 4) is 0 Å². The van der Waals surface area contributed by atoms with Crippen molar-refractivity contribution in [1.29, 1.82) is 0 Å². The van der Waals surface area contributed by atoms with E-state index in [4.69, 9.17) is 0 Å². The first-order chi connectivity index (χ1) is 13.2. The predicted molar refractivity (Wildman–Crippen MR) is 115 cm³/mol. The molecule has 1 N–H and O–H groups in total. The SMILES string of the molecule is Cl.O=C(O)c1cccc(C2CCc3c(ccc4c3ccc3ccccc34)C2)n1. The number of carboxylic acids is 1. The Hall–Kier alpha value is -2.91. The Morgan fingerprint density at radius 3 is 2.57 bits per heavy atom. The van der Waals surface area contributed by atoms with Crippen molar-refractivity contribution in [2.75, 3.05) is 0 Å². The molecule has 4 aromatic rings. The van der Waals surface area contributed by atoms with Gasteiger partial charge in [0.25, 0.3) is 0 Å². The zero-order valence-electron chi connectivity index (χ0n) is 15.3. The highest BCUT2D eigenvalue weighted by molar-refractivity contribution is 6.08. The number of benzene rings is 3. The summed E-state index contributed by atoms with van der Waals surface area (Å²) in [6, 6.07) is 22.8. The molecule has 1 aliphatic rings. The van der Waals surface area contributed by atoms with Crippen LogP contribution in [0.1, 0.15) is 39.6 Å². The maximum absolute atomic E-state index is 11.2. The van der Waals surface area contributed by atoms with Gasteiger partial charge in [0.15, 0.2) is 0 Å². The number of hydrogen-bond donors (Lipinski definition) is 1. The summed E-state index contributed by atoms with van der Waals surface area (Å²) in [5.74, 6) is -0.694. The number of pyridine rings is 1. The molecule has 0 saturated heterocycles. The highest BCUT2D eigenvalue weighted by Gasteiger charge is 2.23. The Bertz CT molecular complexity index is 1200. The van der Waals surface area contributed by atoms with Crippen LogP contribution in [0.5, 0.6) is 0 Å². The van der Waals surface area contributed by atoms with Crippen LogP contribution in [0.15, 0.2) is 66.7 Å². The van der Waals surface area contributed by atoms with Crippen molar-refractivity contribution in [3.05, 3.63) is 89.2 Å². The van der Waals surface area contributed by atoms with Gasteiger partial charge in [-0.15, -0.1) is 12.4 Å². The van der Waals surface area contributed by atoms with Gasteiger partial charge in [0.1, 0.15) is 5.69 Å². The maximum Gasteiger partial charge on any atom is 0.354 e. The molecular formula is C24H20ClNO2. The summed E-state index contributed by atoms with van der Waals surface area (Å²) in [4.78, 5) is 15.6. The topological polar surface area (TPSA) is 50.2 Å². The normalized spacial score (nSPS) is 15.8.